The minimum absolute atomic E-state index is 0.0944. The van der Waals surface area contributed by atoms with Gasteiger partial charge >= 0.3 is 0 Å². The van der Waals surface area contributed by atoms with Crippen molar-refractivity contribution in [2.45, 2.75) is 26.2 Å². The summed E-state index contributed by atoms with van der Waals surface area (Å²) in [6, 6.07) is 14.1. The Bertz CT molecular complexity index is 610. The van der Waals surface area contributed by atoms with Crippen molar-refractivity contribution < 1.29 is 9.90 Å². The number of aromatic hydroxyl groups is 1. The average Bonchev–Trinajstić information content (AvgIpc) is 2.40. The molecule has 0 saturated carbocycles. The van der Waals surface area contributed by atoms with Gasteiger partial charge in [0.25, 0.3) is 5.91 Å². The van der Waals surface area contributed by atoms with Crippen LogP contribution in [0.2, 0.25) is 0 Å². The van der Waals surface area contributed by atoms with Crippen molar-refractivity contribution in [3.8, 4) is 5.75 Å². The highest BCUT2D eigenvalue weighted by molar-refractivity contribution is 6.05. The molecule has 3 nitrogen and oxygen atoms in total. The van der Waals surface area contributed by atoms with Gasteiger partial charge in [0.2, 0.25) is 0 Å². The number of phenols is 1. The summed E-state index contributed by atoms with van der Waals surface area (Å²) < 4.78 is 0. The normalized spacial score (nSPS) is 11.2. The molecule has 0 bridgehead atoms. The Balaban J connectivity index is 2.28. The van der Waals surface area contributed by atoms with E-state index in [1.807, 2.05) is 24.3 Å². The zero-order chi connectivity index (χ0) is 14.8. The highest BCUT2D eigenvalue weighted by Gasteiger charge is 2.21. The first-order valence-electron chi connectivity index (χ1n) is 6.58. The molecular formula is C17H19NO2. The molecule has 0 spiro atoms. The maximum absolute atomic E-state index is 12.4. The number of carbonyl (C=O) groups is 1. The summed E-state index contributed by atoms with van der Waals surface area (Å²) in [5.41, 5.74) is 2.25. The summed E-state index contributed by atoms with van der Waals surface area (Å²) in [4.78, 5) is 12.4. The average molecular weight is 269 g/mol. The SMILES string of the molecule is CC(C)(C)c1ccccc1C(=O)Nc1ccc(O)cc1. The fraction of sp³-hybridized carbons (Fsp3) is 0.235. The summed E-state index contributed by atoms with van der Waals surface area (Å²) >= 11 is 0. The highest BCUT2D eigenvalue weighted by Crippen LogP contribution is 2.26. The number of carbonyl (C=O) groups excluding carboxylic acids is 1. The number of rotatable bonds is 2. The van der Waals surface area contributed by atoms with E-state index in [0.717, 1.165) is 5.56 Å². The molecule has 0 aromatic heterocycles. The molecule has 0 saturated heterocycles. The lowest BCUT2D eigenvalue weighted by atomic mass is 9.83. The number of hydrogen-bond donors (Lipinski definition) is 2. The second-order valence-electron chi connectivity index (χ2n) is 5.80. The number of nitrogens with one attached hydrogen (secondary N) is 1. The topological polar surface area (TPSA) is 49.3 Å². The monoisotopic (exact) mass is 269 g/mol. The van der Waals surface area contributed by atoms with Crippen LogP contribution in [0.4, 0.5) is 5.69 Å². The Morgan fingerprint density at radius 3 is 2.20 bits per heavy atom. The third-order valence-corrected chi connectivity index (χ3v) is 3.10. The van der Waals surface area contributed by atoms with E-state index in [1.165, 1.54) is 0 Å². The van der Waals surface area contributed by atoms with Gasteiger partial charge in [-0.05, 0) is 41.3 Å². The van der Waals surface area contributed by atoms with E-state index in [1.54, 1.807) is 24.3 Å². The van der Waals surface area contributed by atoms with Crippen molar-refractivity contribution >= 4 is 11.6 Å². The zero-order valence-electron chi connectivity index (χ0n) is 12.0. The van der Waals surface area contributed by atoms with Gasteiger partial charge in [-0.25, -0.2) is 0 Å². The van der Waals surface area contributed by atoms with Crippen LogP contribution in [0, 0.1) is 0 Å². The van der Waals surface area contributed by atoms with Crippen LogP contribution in [-0.4, -0.2) is 11.0 Å². The molecule has 104 valence electrons. The maximum Gasteiger partial charge on any atom is 0.255 e. The van der Waals surface area contributed by atoms with Gasteiger partial charge in [-0.1, -0.05) is 39.0 Å². The van der Waals surface area contributed by atoms with E-state index in [-0.39, 0.29) is 17.1 Å². The fourth-order valence-corrected chi connectivity index (χ4v) is 2.08. The predicted molar refractivity (Wildman–Crippen MR) is 81.2 cm³/mol. The third kappa shape index (κ3) is 3.18. The van der Waals surface area contributed by atoms with Gasteiger partial charge in [0.1, 0.15) is 5.75 Å². The van der Waals surface area contributed by atoms with E-state index in [9.17, 15) is 9.90 Å². The lowest BCUT2D eigenvalue weighted by Crippen LogP contribution is -2.20. The van der Waals surface area contributed by atoms with Crippen LogP contribution in [0.5, 0.6) is 5.75 Å². The first-order valence-corrected chi connectivity index (χ1v) is 6.58. The van der Waals surface area contributed by atoms with Crippen LogP contribution >= 0.6 is 0 Å². The van der Waals surface area contributed by atoms with E-state index < -0.39 is 0 Å². The second-order valence-corrected chi connectivity index (χ2v) is 5.80. The van der Waals surface area contributed by atoms with Gasteiger partial charge in [-0.15, -0.1) is 0 Å². The number of amides is 1. The van der Waals surface area contributed by atoms with Crippen LogP contribution < -0.4 is 5.32 Å². The molecule has 0 radical (unpaired) electrons. The highest BCUT2D eigenvalue weighted by atomic mass is 16.3. The molecule has 0 fully saturated rings. The van der Waals surface area contributed by atoms with Crippen molar-refractivity contribution in [2.24, 2.45) is 0 Å². The molecule has 2 N–H and O–H groups in total. The smallest absolute Gasteiger partial charge is 0.255 e. The number of phenolic OH excluding ortho intramolecular Hbond substituents is 1. The number of hydrogen-bond acceptors (Lipinski definition) is 2. The molecule has 1 amide bonds. The number of anilines is 1. The molecule has 0 aliphatic carbocycles. The minimum Gasteiger partial charge on any atom is -0.508 e. The quantitative estimate of drug-likeness (QED) is 0.811. The van der Waals surface area contributed by atoms with Gasteiger partial charge in [-0.2, -0.15) is 0 Å². The molecule has 0 unspecified atom stereocenters. The molecular weight excluding hydrogens is 250 g/mol. The molecule has 0 heterocycles. The summed E-state index contributed by atoms with van der Waals surface area (Å²) in [6.07, 6.45) is 0. The maximum atomic E-state index is 12.4. The lowest BCUT2D eigenvalue weighted by molar-refractivity contribution is 0.102. The summed E-state index contributed by atoms with van der Waals surface area (Å²) in [6.45, 7) is 6.25. The van der Waals surface area contributed by atoms with Crippen molar-refractivity contribution in [3.05, 3.63) is 59.7 Å². The Hall–Kier alpha value is -2.29. The van der Waals surface area contributed by atoms with Crippen LogP contribution in [0.1, 0.15) is 36.7 Å². The van der Waals surface area contributed by atoms with E-state index >= 15 is 0 Å². The van der Waals surface area contributed by atoms with Gasteiger partial charge in [0.15, 0.2) is 0 Å². The third-order valence-electron chi connectivity index (χ3n) is 3.10. The molecule has 20 heavy (non-hydrogen) atoms. The van der Waals surface area contributed by atoms with Crippen LogP contribution in [0.15, 0.2) is 48.5 Å². The van der Waals surface area contributed by atoms with Gasteiger partial charge in [0.05, 0.1) is 0 Å². The molecule has 2 aromatic carbocycles. The van der Waals surface area contributed by atoms with Crippen LogP contribution in [0.25, 0.3) is 0 Å². The van der Waals surface area contributed by atoms with Gasteiger partial charge < -0.3 is 10.4 Å². The Kier molecular flexibility index (Phi) is 3.79. The fourth-order valence-electron chi connectivity index (χ4n) is 2.08. The summed E-state index contributed by atoms with van der Waals surface area (Å²) in [7, 11) is 0. The van der Waals surface area contributed by atoms with E-state index in [4.69, 9.17) is 0 Å². The molecule has 2 aromatic rings. The summed E-state index contributed by atoms with van der Waals surface area (Å²) in [5.74, 6) is 0.0410. The van der Waals surface area contributed by atoms with Crippen LogP contribution in [-0.2, 0) is 5.41 Å². The largest absolute Gasteiger partial charge is 0.508 e. The summed E-state index contributed by atoms with van der Waals surface area (Å²) in [5, 5.41) is 12.1. The van der Waals surface area contributed by atoms with Crippen molar-refractivity contribution in [2.75, 3.05) is 5.32 Å². The van der Waals surface area contributed by atoms with E-state index in [0.29, 0.717) is 11.3 Å². The van der Waals surface area contributed by atoms with Crippen molar-refractivity contribution in [3.63, 3.8) is 0 Å². The molecule has 0 atom stereocenters. The standard InChI is InChI=1S/C17H19NO2/c1-17(2,3)15-7-5-4-6-14(15)16(20)18-12-8-10-13(19)11-9-12/h4-11,19H,1-3H3,(H,18,20). The van der Waals surface area contributed by atoms with Crippen LogP contribution in [0.3, 0.4) is 0 Å². The van der Waals surface area contributed by atoms with Gasteiger partial charge in [-0.3, -0.25) is 4.79 Å². The van der Waals surface area contributed by atoms with Crippen molar-refractivity contribution in [1.29, 1.82) is 0 Å². The van der Waals surface area contributed by atoms with Crippen molar-refractivity contribution in [1.82, 2.24) is 0 Å². The number of benzene rings is 2. The Morgan fingerprint density at radius 1 is 1.00 bits per heavy atom. The Morgan fingerprint density at radius 2 is 1.60 bits per heavy atom. The predicted octanol–water partition coefficient (Wildman–Crippen LogP) is 3.94. The zero-order valence-corrected chi connectivity index (χ0v) is 12.0. The minimum atomic E-state index is -0.138. The Labute approximate surface area is 119 Å². The second kappa shape index (κ2) is 5.37. The molecule has 2 rings (SSSR count). The first-order chi connectivity index (χ1) is 9.38. The first kappa shape index (κ1) is 14.1. The van der Waals surface area contributed by atoms with Gasteiger partial charge in [0, 0.05) is 11.3 Å². The molecule has 3 heteroatoms. The molecule has 0 aliphatic rings. The lowest BCUT2D eigenvalue weighted by Gasteiger charge is -2.22. The molecule has 0 aliphatic heterocycles. The van der Waals surface area contributed by atoms with E-state index in [2.05, 4.69) is 26.1 Å².